The third-order valence-corrected chi connectivity index (χ3v) is 4.14. The Hall–Kier alpha value is -2.93. The second-order valence-corrected chi connectivity index (χ2v) is 6.74. The average molecular weight is 407 g/mol. The number of benzene rings is 2. The van der Waals surface area contributed by atoms with Crippen molar-refractivity contribution in [3.05, 3.63) is 64.9 Å². The summed E-state index contributed by atoms with van der Waals surface area (Å²) in [4.78, 5) is 36.6. The van der Waals surface area contributed by atoms with Crippen LogP contribution in [0.4, 0.5) is 10.1 Å². The number of esters is 1. The van der Waals surface area contributed by atoms with Crippen LogP contribution in [-0.2, 0) is 14.3 Å². The van der Waals surface area contributed by atoms with E-state index in [2.05, 4.69) is 10.6 Å². The number of hydrogen-bond donors (Lipinski definition) is 2. The molecular weight excluding hydrogens is 387 g/mol. The van der Waals surface area contributed by atoms with Gasteiger partial charge in [0.15, 0.2) is 6.61 Å². The first-order valence-corrected chi connectivity index (χ1v) is 8.93. The lowest BCUT2D eigenvalue weighted by Crippen LogP contribution is -2.45. The van der Waals surface area contributed by atoms with Gasteiger partial charge in [-0.05, 0) is 42.3 Å². The van der Waals surface area contributed by atoms with Crippen LogP contribution >= 0.6 is 11.6 Å². The Morgan fingerprint density at radius 2 is 1.71 bits per heavy atom. The fourth-order valence-corrected chi connectivity index (χ4v) is 2.48. The molecule has 6 nitrogen and oxygen atoms in total. The average Bonchev–Trinajstić information content (AvgIpc) is 2.66. The third kappa shape index (κ3) is 6.06. The van der Waals surface area contributed by atoms with Gasteiger partial charge < -0.3 is 15.4 Å². The molecule has 0 saturated carbocycles. The van der Waals surface area contributed by atoms with Crippen molar-refractivity contribution in [1.29, 1.82) is 0 Å². The van der Waals surface area contributed by atoms with Gasteiger partial charge in [-0.15, -0.1) is 0 Å². The molecule has 0 saturated heterocycles. The number of carbonyl (C=O) groups is 3. The zero-order valence-electron chi connectivity index (χ0n) is 15.4. The van der Waals surface area contributed by atoms with E-state index < -0.39 is 36.2 Å². The largest absolute Gasteiger partial charge is 0.454 e. The molecule has 0 bridgehead atoms. The lowest BCUT2D eigenvalue weighted by Gasteiger charge is -2.20. The van der Waals surface area contributed by atoms with E-state index in [0.717, 1.165) is 12.1 Å². The van der Waals surface area contributed by atoms with Gasteiger partial charge in [0.2, 0.25) is 0 Å². The normalized spacial score (nSPS) is 11.6. The maximum atomic E-state index is 13.0. The van der Waals surface area contributed by atoms with Crippen molar-refractivity contribution in [2.75, 3.05) is 11.9 Å². The number of halogens is 2. The van der Waals surface area contributed by atoms with E-state index >= 15 is 0 Å². The molecule has 0 heterocycles. The maximum absolute atomic E-state index is 13.0. The number of para-hydroxylation sites is 1. The predicted octanol–water partition coefficient (Wildman–Crippen LogP) is 3.42. The van der Waals surface area contributed by atoms with Gasteiger partial charge in [-0.2, -0.15) is 0 Å². The molecule has 0 aromatic heterocycles. The van der Waals surface area contributed by atoms with E-state index in [9.17, 15) is 18.8 Å². The van der Waals surface area contributed by atoms with Gasteiger partial charge in [-0.1, -0.05) is 37.6 Å². The summed E-state index contributed by atoms with van der Waals surface area (Å²) in [7, 11) is 0. The molecule has 0 unspecified atom stereocenters. The van der Waals surface area contributed by atoms with Gasteiger partial charge in [0.25, 0.3) is 11.8 Å². The molecule has 28 heavy (non-hydrogen) atoms. The number of rotatable bonds is 7. The number of anilines is 1. The summed E-state index contributed by atoms with van der Waals surface area (Å²) in [5.41, 5.74) is 0.603. The van der Waals surface area contributed by atoms with Crippen LogP contribution in [0.25, 0.3) is 0 Å². The van der Waals surface area contributed by atoms with Crippen molar-refractivity contribution in [2.24, 2.45) is 5.92 Å². The van der Waals surface area contributed by atoms with Gasteiger partial charge in [0.05, 0.1) is 10.7 Å². The molecule has 0 radical (unpaired) electrons. The molecule has 0 aliphatic carbocycles. The number of nitrogens with one attached hydrogen (secondary N) is 2. The second kappa shape index (κ2) is 9.85. The number of carbonyl (C=O) groups excluding carboxylic acids is 3. The summed E-state index contributed by atoms with van der Waals surface area (Å²) in [5, 5.41) is 5.44. The fraction of sp³-hybridized carbons (Fsp3) is 0.250. The number of amides is 2. The van der Waals surface area contributed by atoms with E-state index in [0.29, 0.717) is 10.7 Å². The lowest BCUT2D eigenvalue weighted by molar-refractivity contribution is -0.150. The molecule has 2 rings (SSSR count). The summed E-state index contributed by atoms with van der Waals surface area (Å²) in [6, 6.07) is 10.6. The standard InChI is InChI=1S/C20H20ClFN2O4/c1-12(2)18(24-19(26)13-7-9-14(22)10-8-13)20(27)28-11-17(25)23-16-6-4-3-5-15(16)21/h3-10,12,18H,11H2,1-2H3,(H,23,25)(H,24,26)/t18-/m0/s1. The monoisotopic (exact) mass is 406 g/mol. The highest BCUT2D eigenvalue weighted by atomic mass is 35.5. The first-order valence-electron chi connectivity index (χ1n) is 8.55. The van der Waals surface area contributed by atoms with Gasteiger partial charge >= 0.3 is 5.97 Å². The van der Waals surface area contributed by atoms with Crippen LogP contribution in [0.2, 0.25) is 5.02 Å². The Kier molecular flexibility index (Phi) is 7.52. The van der Waals surface area contributed by atoms with Crippen molar-refractivity contribution in [3.8, 4) is 0 Å². The minimum Gasteiger partial charge on any atom is -0.454 e. The van der Waals surface area contributed by atoms with Crippen molar-refractivity contribution < 1.29 is 23.5 Å². The topological polar surface area (TPSA) is 84.5 Å². The smallest absolute Gasteiger partial charge is 0.329 e. The van der Waals surface area contributed by atoms with E-state index in [-0.39, 0.29) is 11.5 Å². The maximum Gasteiger partial charge on any atom is 0.329 e. The van der Waals surface area contributed by atoms with Crippen LogP contribution in [-0.4, -0.2) is 30.4 Å². The fourth-order valence-electron chi connectivity index (χ4n) is 2.30. The minimum absolute atomic E-state index is 0.205. The van der Waals surface area contributed by atoms with Crippen LogP contribution in [0.15, 0.2) is 48.5 Å². The zero-order valence-corrected chi connectivity index (χ0v) is 16.1. The van der Waals surface area contributed by atoms with Gasteiger partial charge in [0.1, 0.15) is 11.9 Å². The number of ether oxygens (including phenoxy) is 1. The molecule has 2 aromatic carbocycles. The Morgan fingerprint density at radius 1 is 1.07 bits per heavy atom. The van der Waals surface area contributed by atoms with Crippen LogP contribution in [0.3, 0.4) is 0 Å². The molecule has 2 aromatic rings. The molecule has 0 spiro atoms. The zero-order chi connectivity index (χ0) is 20.7. The highest BCUT2D eigenvalue weighted by Crippen LogP contribution is 2.20. The first-order chi connectivity index (χ1) is 13.3. The SMILES string of the molecule is CC(C)[C@H](NC(=O)c1ccc(F)cc1)C(=O)OCC(=O)Nc1ccccc1Cl. The van der Waals surface area contributed by atoms with Crippen LogP contribution in [0.5, 0.6) is 0 Å². The third-order valence-electron chi connectivity index (χ3n) is 3.81. The van der Waals surface area contributed by atoms with Gasteiger partial charge in [-0.25, -0.2) is 9.18 Å². The molecule has 0 fully saturated rings. The molecule has 1 atom stereocenters. The van der Waals surface area contributed by atoms with E-state index in [4.69, 9.17) is 16.3 Å². The van der Waals surface area contributed by atoms with Crippen molar-refractivity contribution >= 4 is 35.1 Å². The molecule has 0 aliphatic rings. The second-order valence-electron chi connectivity index (χ2n) is 6.34. The van der Waals surface area contributed by atoms with E-state index in [1.54, 1.807) is 38.1 Å². The quantitative estimate of drug-likeness (QED) is 0.690. The Balaban J connectivity index is 1.93. The van der Waals surface area contributed by atoms with Crippen LogP contribution < -0.4 is 10.6 Å². The van der Waals surface area contributed by atoms with Gasteiger partial charge in [0, 0.05) is 5.56 Å². The highest BCUT2D eigenvalue weighted by molar-refractivity contribution is 6.33. The Morgan fingerprint density at radius 3 is 2.32 bits per heavy atom. The Bertz CT molecular complexity index is 856. The van der Waals surface area contributed by atoms with Crippen LogP contribution in [0.1, 0.15) is 24.2 Å². The first kappa shape index (κ1) is 21.4. The minimum atomic E-state index is -0.967. The molecule has 8 heteroatoms. The lowest BCUT2D eigenvalue weighted by atomic mass is 10.0. The molecule has 2 N–H and O–H groups in total. The van der Waals surface area contributed by atoms with Crippen LogP contribution in [0, 0.1) is 11.7 Å². The van der Waals surface area contributed by atoms with E-state index in [1.807, 2.05) is 0 Å². The summed E-state index contributed by atoms with van der Waals surface area (Å²) in [6.07, 6.45) is 0. The van der Waals surface area contributed by atoms with Crippen molar-refractivity contribution in [3.63, 3.8) is 0 Å². The predicted molar refractivity (Wildman–Crippen MR) is 104 cm³/mol. The summed E-state index contributed by atoms with van der Waals surface area (Å²) in [5.74, 6) is -2.62. The molecular formula is C20H20ClFN2O4. The summed E-state index contributed by atoms with van der Waals surface area (Å²) in [6.45, 7) is 2.92. The summed E-state index contributed by atoms with van der Waals surface area (Å²) < 4.78 is 18.0. The highest BCUT2D eigenvalue weighted by Gasteiger charge is 2.26. The molecule has 2 amide bonds. The Labute approximate surface area is 167 Å². The molecule has 0 aliphatic heterocycles. The van der Waals surface area contributed by atoms with Gasteiger partial charge in [-0.3, -0.25) is 9.59 Å². The van der Waals surface area contributed by atoms with Crippen molar-refractivity contribution in [1.82, 2.24) is 5.32 Å². The summed E-state index contributed by atoms with van der Waals surface area (Å²) >= 11 is 5.95. The molecule has 148 valence electrons. The number of hydrogen-bond acceptors (Lipinski definition) is 4. The van der Waals surface area contributed by atoms with Crippen molar-refractivity contribution in [2.45, 2.75) is 19.9 Å². The van der Waals surface area contributed by atoms with E-state index in [1.165, 1.54) is 12.1 Å².